The Morgan fingerprint density at radius 3 is 2.73 bits per heavy atom. The average molecular weight is 336 g/mol. The number of fused-ring (bicyclic) bond motifs is 1. The zero-order valence-electron chi connectivity index (χ0n) is 12.2. The van der Waals surface area contributed by atoms with Crippen LogP contribution in [0.5, 0.6) is 0 Å². The lowest BCUT2D eigenvalue weighted by atomic mass is 10.1. The summed E-state index contributed by atoms with van der Waals surface area (Å²) in [5.41, 5.74) is 0.698. The average Bonchev–Trinajstić information content (AvgIpc) is 3.04. The molecule has 1 aliphatic rings. The third-order valence-electron chi connectivity index (χ3n) is 3.54. The maximum absolute atomic E-state index is 12.6. The van der Waals surface area contributed by atoms with Crippen LogP contribution >= 0.6 is 11.3 Å². The largest absolute Gasteiger partial charge is 0.326 e. The summed E-state index contributed by atoms with van der Waals surface area (Å²) in [6.45, 7) is 3.66. The van der Waals surface area contributed by atoms with Gasteiger partial charge in [0.25, 0.3) is 0 Å². The van der Waals surface area contributed by atoms with Crippen LogP contribution in [0.15, 0.2) is 40.6 Å². The first-order chi connectivity index (χ1) is 10.3. The molecule has 1 amide bonds. The van der Waals surface area contributed by atoms with E-state index >= 15 is 0 Å². The number of carbonyl (C=O) groups excluding carboxylic acids is 1. The smallest absolute Gasteiger partial charge is 0.241 e. The number of hydrogen-bond donors (Lipinski definition) is 2. The van der Waals surface area contributed by atoms with Gasteiger partial charge in [-0.05, 0) is 49.1 Å². The molecule has 116 valence electrons. The second-order valence-electron chi connectivity index (χ2n) is 5.75. The molecule has 0 fully saturated rings. The van der Waals surface area contributed by atoms with E-state index in [-0.39, 0.29) is 17.2 Å². The van der Waals surface area contributed by atoms with Crippen LogP contribution in [-0.2, 0) is 26.8 Å². The van der Waals surface area contributed by atoms with Gasteiger partial charge < -0.3 is 5.32 Å². The highest BCUT2D eigenvalue weighted by atomic mass is 32.2. The number of hydrogen-bond acceptors (Lipinski definition) is 4. The van der Waals surface area contributed by atoms with Crippen molar-refractivity contribution in [2.75, 3.05) is 5.32 Å². The second-order valence-corrected chi connectivity index (χ2v) is 8.38. The van der Waals surface area contributed by atoms with Crippen LogP contribution in [-0.4, -0.2) is 14.3 Å². The molecule has 0 bridgehead atoms. The van der Waals surface area contributed by atoms with Gasteiger partial charge in [-0.1, -0.05) is 6.07 Å². The molecule has 0 saturated heterocycles. The molecule has 0 unspecified atom stereocenters. The van der Waals surface area contributed by atoms with Crippen molar-refractivity contribution >= 4 is 33.0 Å². The van der Waals surface area contributed by atoms with E-state index in [1.807, 2.05) is 31.4 Å². The van der Waals surface area contributed by atoms with Gasteiger partial charge in [0.1, 0.15) is 0 Å². The van der Waals surface area contributed by atoms with Crippen molar-refractivity contribution in [2.45, 2.75) is 30.7 Å². The van der Waals surface area contributed by atoms with Gasteiger partial charge in [0.2, 0.25) is 15.9 Å². The minimum Gasteiger partial charge on any atom is -0.326 e. The van der Waals surface area contributed by atoms with Gasteiger partial charge >= 0.3 is 0 Å². The van der Waals surface area contributed by atoms with Gasteiger partial charge in [-0.3, -0.25) is 4.79 Å². The Labute approximate surface area is 133 Å². The van der Waals surface area contributed by atoms with E-state index in [0.29, 0.717) is 11.3 Å². The van der Waals surface area contributed by atoms with E-state index in [1.165, 1.54) is 17.4 Å². The maximum atomic E-state index is 12.6. The zero-order chi connectivity index (χ0) is 16.0. The summed E-state index contributed by atoms with van der Waals surface area (Å²) in [5, 5.41) is 4.61. The molecule has 1 aliphatic heterocycles. The summed E-state index contributed by atoms with van der Waals surface area (Å²) in [4.78, 5) is 12.5. The molecule has 2 N–H and O–H groups in total. The molecule has 7 heteroatoms. The quantitative estimate of drug-likeness (QED) is 0.900. The van der Waals surface area contributed by atoms with Crippen LogP contribution < -0.4 is 10.0 Å². The Kier molecular flexibility index (Phi) is 3.58. The molecule has 1 aromatic carbocycles. The highest BCUT2D eigenvalue weighted by Crippen LogP contribution is 2.29. The number of anilines is 1. The van der Waals surface area contributed by atoms with Gasteiger partial charge in [0, 0.05) is 10.6 Å². The molecule has 2 aromatic rings. The summed E-state index contributed by atoms with van der Waals surface area (Å²) in [6.07, 6.45) is 0.215. The number of sulfonamides is 1. The van der Waals surface area contributed by atoms with Crippen molar-refractivity contribution in [1.82, 2.24) is 4.72 Å². The Hall–Kier alpha value is -1.70. The second kappa shape index (κ2) is 5.19. The fourth-order valence-electron chi connectivity index (χ4n) is 2.45. The summed E-state index contributed by atoms with van der Waals surface area (Å²) in [5.74, 6) is -0.114. The van der Waals surface area contributed by atoms with Crippen LogP contribution in [0.3, 0.4) is 0 Å². The SMILES string of the molecule is CC(C)(NS(=O)(=O)c1ccc2c(c1)CC(=O)N2)c1cccs1. The fourth-order valence-corrected chi connectivity index (χ4v) is 4.77. The first kappa shape index (κ1) is 15.2. The monoisotopic (exact) mass is 336 g/mol. The predicted octanol–water partition coefficient (Wildman–Crippen LogP) is 2.46. The first-order valence-electron chi connectivity index (χ1n) is 6.79. The lowest BCUT2D eigenvalue weighted by molar-refractivity contribution is -0.115. The summed E-state index contributed by atoms with van der Waals surface area (Å²) in [6, 6.07) is 8.49. The van der Waals surface area contributed by atoms with Crippen molar-refractivity contribution in [3.63, 3.8) is 0 Å². The van der Waals surface area contributed by atoms with E-state index < -0.39 is 15.6 Å². The molecule has 3 rings (SSSR count). The third kappa shape index (κ3) is 2.79. The van der Waals surface area contributed by atoms with Crippen molar-refractivity contribution in [1.29, 1.82) is 0 Å². The molecular formula is C15H16N2O3S2. The first-order valence-corrected chi connectivity index (χ1v) is 9.15. The van der Waals surface area contributed by atoms with Gasteiger partial charge in [0.15, 0.2) is 0 Å². The molecule has 0 atom stereocenters. The van der Waals surface area contributed by atoms with Crippen LogP contribution in [0, 0.1) is 0 Å². The van der Waals surface area contributed by atoms with Crippen LogP contribution in [0.2, 0.25) is 0 Å². The van der Waals surface area contributed by atoms with E-state index in [1.54, 1.807) is 12.1 Å². The topological polar surface area (TPSA) is 75.3 Å². The van der Waals surface area contributed by atoms with Crippen molar-refractivity contribution in [2.24, 2.45) is 0 Å². The van der Waals surface area contributed by atoms with Gasteiger partial charge in [-0.25, -0.2) is 13.1 Å². The predicted molar refractivity (Wildman–Crippen MR) is 86.4 cm³/mol. The number of amides is 1. The molecule has 22 heavy (non-hydrogen) atoms. The molecule has 5 nitrogen and oxygen atoms in total. The Morgan fingerprint density at radius 2 is 2.05 bits per heavy atom. The van der Waals surface area contributed by atoms with Gasteiger partial charge in [-0.15, -0.1) is 11.3 Å². The molecule has 0 radical (unpaired) electrons. The van der Waals surface area contributed by atoms with Crippen LogP contribution in [0.25, 0.3) is 0 Å². The molecule has 1 aromatic heterocycles. The molecule has 0 spiro atoms. The van der Waals surface area contributed by atoms with E-state index in [0.717, 1.165) is 4.88 Å². The zero-order valence-corrected chi connectivity index (χ0v) is 13.8. The molecular weight excluding hydrogens is 320 g/mol. The van der Waals surface area contributed by atoms with Crippen molar-refractivity contribution in [3.05, 3.63) is 46.2 Å². The highest BCUT2D eigenvalue weighted by molar-refractivity contribution is 7.89. The van der Waals surface area contributed by atoms with Crippen molar-refractivity contribution < 1.29 is 13.2 Å². The number of carbonyl (C=O) groups is 1. The number of thiophene rings is 1. The number of rotatable bonds is 4. The molecule has 0 aliphatic carbocycles. The Bertz CT molecular complexity index is 824. The Balaban J connectivity index is 1.91. The fraction of sp³-hybridized carbons (Fsp3) is 0.267. The van der Waals surface area contributed by atoms with E-state index in [2.05, 4.69) is 10.0 Å². The highest BCUT2D eigenvalue weighted by Gasteiger charge is 2.30. The molecule has 2 heterocycles. The van der Waals surface area contributed by atoms with Crippen LogP contribution in [0.4, 0.5) is 5.69 Å². The van der Waals surface area contributed by atoms with Gasteiger partial charge in [-0.2, -0.15) is 0 Å². The lowest BCUT2D eigenvalue weighted by Crippen LogP contribution is -2.40. The summed E-state index contributed by atoms with van der Waals surface area (Å²) < 4.78 is 28.0. The van der Waals surface area contributed by atoms with Crippen molar-refractivity contribution in [3.8, 4) is 0 Å². The third-order valence-corrected chi connectivity index (χ3v) is 6.39. The minimum absolute atomic E-state index is 0.114. The van der Waals surface area contributed by atoms with Crippen LogP contribution in [0.1, 0.15) is 24.3 Å². The minimum atomic E-state index is -3.67. The maximum Gasteiger partial charge on any atom is 0.241 e. The molecule has 0 saturated carbocycles. The van der Waals surface area contributed by atoms with E-state index in [4.69, 9.17) is 0 Å². The number of benzene rings is 1. The normalized spacial score (nSPS) is 14.7. The van der Waals surface area contributed by atoms with Gasteiger partial charge in [0.05, 0.1) is 16.9 Å². The lowest BCUT2D eigenvalue weighted by Gasteiger charge is -2.24. The summed E-state index contributed by atoms with van der Waals surface area (Å²) in [7, 11) is -3.67. The standard InChI is InChI=1S/C15H16N2O3S2/c1-15(2,13-4-3-7-21-13)17-22(19,20)11-5-6-12-10(8-11)9-14(18)16-12/h3-8,17H,9H2,1-2H3,(H,16,18). The number of nitrogens with one attached hydrogen (secondary N) is 2. The summed E-state index contributed by atoms with van der Waals surface area (Å²) >= 11 is 1.50. The Morgan fingerprint density at radius 1 is 1.27 bits per heavy atom. The van der Waals surface area contributed by atoms with E-state index in [9.17, 15) is 13.2 Å².